The molecule has 0 bridgehead atoms. The van der Waals surface area contributed by atoms with Gasteiger partial charge in [0.25, 0.3) is 0 Å². The van der Waals surface area contributed by atoms with E-state index >= 15 is 0 Å². The van der Waals surface area contributed by atoms with Crippen LogP contribution in [-0.4, -0.2) is 57.4 Å². The van der Waals surface area contributed by atoms with Gasteiger partial charge < -0.3 is 24.8 Å². The maximum absolute atomic E-state index is 12.7. The quantitative estimate of drug-likeness (QED) is 0.484. The van der Waals surface area contributed by atoms with Crippen LogP contribution in [0.3, 0.4) is 0 Å². The first-order valence-electron chi connectivity index (χ1n) is 11.9. The lowest BCUT2D eigenvalue weighted by molar-refractivity contribution is 0.0581. The van der Waals surface area contributed by atoms with Crippen LogP contribution in [0.4, 0.5) is 10.5 Å². The average molecular weight is 524 g/mol. The van der Waals surface area contributed by atoms with E-state index in [2.05, 4.69) is 27.7 Å². The molecule has 1 aliphatic heterocycles. The number of urea groups is 1. The van der Waals surface area contributed by atoms with Crippen LogP contribution in [0.1, 0.15) is 31.2 Å². The van der Waals surface area contributed by atoms with Crippen molar-refractivity contribution in [1.82, 2.24) is 10.2 Å². The second-order valence-corrected chi connectivity index (χ2v) is 9.51. The summed E-state index contributed by atoms with van der Waals surface area (Å²) in [4.78, 5) is 15.3. The van der Waals surface area contributed by atoms with Crippen LogP contribution >= 0.6 is 24.0 Å². The highest BCUT2D eigenvalue weighted by Gasteiger charge is 2.38. The van der Waals surface area contributed by atoms with Gasteiger partial charge in [0.05, 0.1) is 27.0 Å². The fourth-order valence-electron chi connectivity index (χ4n) is 5.02. The number of piperidine rings is 1. The summed E-state index contributed by atoms with van der Waals surface area (Å²) in [5.74, 6) is 2.20. The van der Waals surface area contributed by atoms with Gasteiger partial charge in [0.1, 0.15) is 0 Å². The van der Waals surface area contributed by atoms with Gasteiger partial charge in [-0.2, -0.15) is 0 Å². The van der Waals surface area contributed by atoms with Crippen LogP contribution < -0.4 is 24.8 Å². The predicted molar refractivity (Wildman–Crippen MR) is 142 cm³/mol. The van der Waals surface area contributed by atoms with Gasteiger partial charge >= 0.3 is 6.03 Å². The Morgan fingerprint density at radius 1 is 0.971 bits per heavy atom. The Kier molecular flexibility index (Phi) is 9.78. The normalized spacial score (nSPS) is 20.2. The summed E-state index contributed by atoms with van der Waals surface area (Å²) >= 11 is 6.01. The van der Waals surface area contributed by atoms with Gasteiger partial charge in [-0.15, -0.1) is 12.4 Å². The lowest BCUT2D eigenvalue weighted by Gasteiger charge is -2.47. The number of nitrogens with zero attached hydrogens (tertiary/aromatic N) is 1. The Hall–Kier alpha value is -2.35. The van der Waals surface area contributed by atoms with Crippen molar-refractivity contribution >= 4 is 35.7 Å². The highest BCUT2D eigenvalue weighted by Crippen LogP contribution is 2.40. The van der Waals surface area contributed by atoms with Crippen molar-refractivity contribution in [3.8, 4) is 17.2 Å². The monoisotopic (exact) mass is 523 g/mol. The zero-order valence-electron chi connectivity index (χ0n) is 20.5. The fourth-order valence-corrected chi connectivity index (χ4v) is 5.15. The molecule has 2 aliphatic rings. The number of methoxy groups -OCH3 is 3. The second-order valence-electron chi connectivity index (χ2n) is 9.07. The summed E-state index contributed by atoms with van der Waals surface area (Å²) in [6, 6.07) is 12.0. The molecule has 2 aromatic rings. The molecule has 2 amide bonds. The van der Waals surface area contributed by atoms with Crippen LogP contribution in [-0.2, 0) is 6.42 Å². The van der Waals surface area contributed by atoms with Crippen LogP contribution in [0, 0.1) is 5.92 Å². The number of nitrogens with one attached hydrogen (secondary N) is 2. The van der Waals surface area contributed by atoms with Crippen molar-refractivity contribution < 1.29 is 19.0 Å². The third-order valence-electron chi connectivity index (χ3n) is 7.03. The molecule has 0 aromatic heterocycles. The fraction of sp³-hybridized carbons (Fsp3) is 0.500. The van der Waals surface area contributed by atoms with E-state index in [-0.39, 0.29) is 24.5 Å². The summed E-state index contributed by atoms with van der Waals surface area (Å²) in [7, 11) is 4.66. The Morgan fingerprint density at radius 2 is 1.60 bits per heavy atom. The van der Waals surface area contributed by atoms with Crippen LogP contribution in [0.25, 0.3) is 0 Å². The molecule has 2 unspecified atom stereocenters. The molecular formula is C26H35Cl2N3O4. The van der Waals surface area contributed by atoms with E-state index in [1.165, 1.54) is 18.4 Å². The molecule has 1 saturated carbocycles. The molecule has 7 nitrogen and oxygen atoms in total. The smallest absolute Gasteiger partial charge is 0.319 e. The van der Waals surface area contributed by atoms with Crippen molar-refractivity contribution in [1.29, 1.82) is 0 Å². The lowest BCUT2D eigenvalue weighted by Crippen LogP contribution is -2.60. The summed E-state index contributed by atoms with van der Waals surface area (Å²) in [6.07, 6.45) is 5.59. The average Bonchev–Trinajstić information content (AvgIpc) is 2.83. The van der Waals surface area contributed by atoms with Crippen molar-refractivity contribution in [2.45, 2.75) is 44.2 Å². The molecule has 2 atom stereocenters. The SMILES string of the molecule is COc1cc(NC(=O)NC2CCC2N2CCC(Cc3ccc(Cl)cc3)CC2)cc(OC)c1OC.Cl. The molecule has 35 heavy (non-hydrogen) atoms. The maximum atomic E-state index is 12.7. The zero-order valence-corrected chi connectivity index (χ0v) is 22.1. The molecule has 1 saturated heterocycles. The molecule has 9 heteroatoms. The predicted octanol–water partition coefficient (Wildman–Crippen LogP) is 5.39. The number of halogens is 2. The summed E-state index contributed by atoms with van der Waals surface area (Å²) < 4.78 is 16.1. The zero-order chi connectivity index (χ0) is 24.1. The highest BCUT2D eigenvalue weighted by molar-refractivity contribution is 6.30. The van der Waals surface area contributed by atoms with Gasteiger partial charge in [0.15, 0.2) is 11.5 Å². The molecule has 192 valence electrons. The van der Waals surface area contributed by atoms with Gasteiger partial charge in [0.2, 0.25) is 5.75 Å². The largest absolute Gasteiger partial charge is 0.493 e. The number of hydrogen-bond acceptors (Lipinski definition) is 5. The van der Waals surface area contributed by atoms with E-state index in [4.69, 9.17) is 25.8 Å². The van der Waals surface area contributed by atoms with E-state index in [0.29, 0.717) is 34.9 Å². The molecule has 2 N–H and O–H groups in total. The number of carbonyl (C=O) groups excluding carboxylic acids is 1. The number of amides is 2. The molecule has 1 heterocycles. The van der Waals surface area contributed by atoms with Gasteiger partial charge in [-0.3, -0.25) is 4.90 Å². The standard InChI is InChI=1S/C26H34ClN3O4.ClH/c1-32-23-15-20(16-24(33-2)25(23)34-3)28-26(31)29-21-8-9-22(21)30-12-10-18(11-13-30)14-17-4-6-19(27)7-5-17;/h4-7,15-16,18,21-22H,8-14H2,1-3H3,(H2,28,29,31);1H. The first-order valence-corrected chi connectivity index (χ1v) is 12.2. The molecule has 2 aromatic carbocycles. The van der Waals surface area contributed by atoms with Crippen molar-refractivity contribution in [3.05, 3.63) is 47.0 Å². The third-order valence-corrected chi connectivity index (χ3v) is 7.28. The lowest BCUT2D eigenvalue weighted by atomic mass is 9.82. The second kappa shape index (κ2) is 12.6. The number of hydrogen-bond donors (Lipinski definition) is 2. The molecule has 0 spiro atoms. The number of anilines is 1. The maximum Gasteiger partial charge on any atom is 0.319 e. The molecule has 2 fully saturated rings. The summed E-state index contributed by atoms with van der Waals surface area (Å²) in [5, 5.41) is 6.85. The van der Waals surface area contributed by atoms with Gasteiger partial charge in [-0.05, 0) is 68.8 Å². The van der Waals surface area contributed by atoms with E-state index < -0.39 is 0 Å². The van der Waals surface area contributed by atoms with Crippen molar-refractivity contribution in [2.75, 3.05) is 39.7 Å². The van der Waals surface area contributed by atoms with E-state index in [1.54, 1.807) is 33.5 Å². The molecule has 4 rings (SSSR count). The molecule has 0 radical (unpaired) electrons. The van der Waals surface area contributed by atoms with Gasteiger partial charge in [0, 0.05) is 29.2 Å². The number of ether oxygens (including phenoxy) is 3. The Morgan fingerprint density at radius 3 is 2.11 bits per heavy atom. The van der Waals surface area contributed by atoms with Crippen molar-refractivity contribution in [3.63, 3.8) is 0 Å². The highest BCUT2D eigenvalue weighted by atomic mass is 35.5. The summed E-state index contributed by atoms with van der Waals surface area (Å²) in [5.41, 5.74) is 1.94. The molecular weight excluding hydrogens is 489 g/mol. The van der Waals surface area contributed by atoms with Crippen LogP contribution in [0.15, 0.2) is 36.4 Å². The minimum absolute atomic E-state index is 0. The van der Waals surface area contributed by atoms with Crippen molar-refractivity contribution in [2.24, 2.45) is 5.92 Å². The minimum Gasteiger partial charge on any atom is -0.493 e. The van der Waals surface area contributed by atoms with E-state index in [1.807, 2.05) is 12.1 Å². The third kappa shape index (κ3) is 6.66. The number of benzene rings is 2. The van der Waals surface area contributed by atoms with E-state index in [9.17, 15) is 4.79 Å². The van der Waals surface area contributed by atoms with E-state index in [0.717, 1.165) is 37.4 Å². The number of likely N-dealkylation sites (tertiary alicyclic amines) is 1. The molecule has 1 aliphatic carbocycles. The summed E-state index contributed by atoms with van der Waals surface area (Å²) in [6.45, 7) is 2.16. The first-order chi connectivity index (χ1) is 16.5. The van der Waals surface area contributed by atoms with Gasteiger partial charge in [-0.1, -0.05) is 23.7 Å². The Labute approximate surface area is 218 Å². The van der Waals surface area contributed by atoms with Gasteiger partial charge in [-0.25, -0.2) is 4.79 Å². The Balaban J connectivity index is 0.00000342. The Bertz CT molecular complexity index is 956. The topological polar surface area (TPSA) is 72.1 Å². The number of carbonyl (C=O) groups is 1. The number of rotatable bonds is 8. The first kappa shape index (κ1) is 27.2. The van der Waals surface area contributed by atoms with Crippen LogP contribution in [0.2, 0.25) is 5.02 Å². The van der Waals surface area contributed by atoms with Crippen LogP contribution in [0.5, 0.6) is 17.2 Å². The minimum atomic E-state index is -0.221.